The van der Waals surface area contributed by atoms with Gasteiger partial charge in [0.15, 0.2) is 17.3 Å². The third-order valence-electron chi connectivity index (χ3n) is 6.21. The second-order valence-corrected chi connectivity index (χ2v) is 9.79. The van der Waals surface area contributed by atoms with Gasteiger partial charge in [-0.1, -0.05) is 43.0 Å². The Bertz CT molecular complexity index is 1310. The maximum atomic E-state index is 14.1. The third-order valence-corrected chi connectivity index (χ3v) is 7.25. The molecule has 3 aromatic rings. The number of nitrogens with one attached hydrogen (secondary N) is 1. The fourth-order valence-corrected chi connectivity index (χ4v) is 5.24. The molecular formula is C27H29FN4O3S. The zero-order valence-electron chi connectivity index (χ0n) is 20.4. The molecule has 0 amide bonds. The fourth-order valence-electron chi connectivity index (χ4n) is 4.55. The number of halogens is 1. The number of carbonyl (C=O) groups excluding carboxylic acids is 1. The van der Waals surface area contributed by atoms with Crippen LogP contribution in [0.5, 0.6) is 11.5 Å². The number of ketones is 1. The lowest BCUT2D eigenvalue weighted by atomic mass is 9.85. The van der Waals surface area contributed by atoms with Crippen LogP contribution in [-0.4, -0.2) is 32.9 Å². The summed E-state index contributed by atoms with van der Waals surface area (Å²) in [6.45, 7) is 4.54. The van der Waals surface area contributed by atoms with E-state index in [1.54, 1.807) is 30.0 Å². The molecule has 9 heteroatoms. The number of anilines is 1. The lowest BCUT2D eigenvalue weighted by Crippen LogP contribution is -2.31. The highest BCUT2D eigenvalue weighted by Gasteiger charge is 2.37. The molecule has 5 rings (SSSR count). The molecule has 1 aliphatic heterocycles. The molecule has 0 saturated carbocycles. The van der Waals surface area contributed by atoms with Gasteiger partial charge in [-0.05, 0) is 49.9 Å². The number of hydrogen-bond donors (Lipinski definition) is 1. The summed E-state index contributed by atoms with van der Waals surface area (Å²) < 4.78 is 27.8. The Labute approximate surface area is 214 Å². The van der Waals surface area contributed by atoms with E-state index in [-0.39, 0.29) is 18.2 Å². The SMILES string of the molecule is CCCSc1nc2n(n1)C(c1ccc(OCc3ccccc3F)c(OCC)c1)C1=C(CCCC1=O)N2. The van der Waals surface area contributed by atoms with E-state index in [2.05, 4.69) is 12.2 Å². The Balaban J connectivity index is 1.52. The maximum Gasteiger partial charge on any atom is 0.227 e. The molecule has 36 heavy (non-hydrogen) atoms. The highest BCUT2D eigenvalue weighted by Crippen LogP contribution is 2.42. The van der Waals surface area contributed by atoms with Gasteiger partial charge >= 0.3 is 0 Å². The van der Waals surface area contributed by atoms with Crippen molar-refractivity contribution in [2.24, 2.45) is 0 Å². The van der Waals surface area contributed by atoms with E-state index < -0.39 is 6.04 Å². The molecule has 0 radical (unpaired) electrons. The normalized spacial score (nSPS) is 16.9. The van der Waals surface area contributed by atoms with Gasteiger partial charge < -0.3 is 14.8 Å². The number of rotatable bonds is 9. The highest BCUT2D eigenvalue weighted by atomic mass is 32.2. The van der Waals surface area contributed by atoms with Gasteiger partial charge in [0, 0.05) is 29.0 Å². The molecule has 1 aromatic heterocycles. The summed E-state index contributed by atoms with van der Waals surface area (Å²) in [4.78, 5) is 17.8. The van der Waals surface area contributed by atoms with E-state index in [0.29, 0.717) is 41.2 Å². The minimum Gasteiger partial charge on any atom is -0.490 e. The first-order chi connectivity index (χ1) is 17.6. The van der Waals surface area contributed by atoms with Crippen LogP contribution in [0.4, 0.5) is 10.3 Å². The van der Waals surface area contributed by atoms with E-state index in [1.807, 2.05) is 29.8 Å². The smallest absolute Gasteiger partial charge is 0.227 e. The van der Waals surface area contributed by atoms with Crippen LogP contribution in [0.25, 0.3) is 0 Å². The number of allylic oxidation sites excluding steroid dienone is 2. The first kappa shape index (κ1) is 24.4. The van der Waals surface area contributed by atoms with Gasteiger partial charge in [0.1, 0.15) is 18.5 Å². The molecule has 1 N–H and O–H groups in total. The largest absolute Gasteiger partial charge is 0.490 e. The van der Waals surface area contributed by atoms with Crippen molar-refractivity contribution < 1.29 is 18.7 Å². The third kappa shape index (κ3) is 4.84. The average Bonchev–Trinajstić information content (AvgIpc) is 3.29. The standard InChI is InChI=1S/C27H29FN4O3S/c1-3-14-36-27-30-26-29-20-10-7-11-21(33)24(20)25(32(26)31-27)17-12-13-22(23(15-17)34-4-2)35-16-18-8-5-6-9-19(18)28/h5-6,8-9,12-13,15,25H,3-4,7,10-11,14,16H2,1-2H3,(H,29,30,31). The average molecular weight is 509 g/mol. The number of aromatic nitrogens is 3. The minimum atomic E-state index is -0.410. The topological polar surface area (TPSA) is 78.3 Å². The van der Waals surface area contributed by atoms with Gasteiger partial charge in [-0.2, -0.15) is 4.98 Å². The van der Waals surface area contributed by atoms with Gasteiger partial charge in [0.2, 0.25) is 11.1 Å². The summed E-state index contributed by atoms with van der Waals surface area (Å²) in [7, 11) is 0. The molecule has 7 nitrogen and oxygen atoms in total. The molecule has 2 aliphatic rings. The van der Waals surface area contributed by atoms with Gasteiger partial charge in [-0.25, -0.2) is 9.07 Å². The number of fused-ring (bicyclic) bond motifs is 1. The van der Waals surface area contributed by atoms with E-state index in [1.165, 1.54) is 6.07 Å². The molecule has 1 atom stereocenters. The Kier molecular flexibility index (Phi) is 7.27. The number of hydrogen-bond acceptors (Lipinski definition) is 7. The Hall–Kier alpha value is -3.33. The first-order valence-electron chi connectivity index (χ1n) is 12.3. The molecule has 0 spiro atoms. The Morgan fingerprint density at radius 3 is 2.81 bits per heavy atom. The van der Waals surface area contributed by atoms with Crippen molar-refractivity contribution >= 4 is 23.5 Å². The van der Waals surface area contributed by atoms with Crippen LogP contribution in [0.15, 0.2) is 58.9 Å². The van der Waals surface area contributed by atoms with Crippen LogP contribution < -0.4 is 14.8 Å². The number of Topliss-reactive ketones (excluding diaryl/α,β-unsaturated/α-hetero) is 1. The van der Waals surface area contributed by atoms with Crippen LogP contribution in [0, 0.1) is 5.82 Å². The molecule has 2 aromatic carbocycles. The van der Waals surface area contributed by atoms with Crippen molar-refractivity contribution in [1.29, 1.82) is 0 Å². The minimum absolute atomic E-state index is 0.0818. The number of benzene rings is 2. The van der Waals surface area contributed by atoms with E-state index in [0.717, 1.165) is 41.8 Å². The molecule has 1 unspecified atom stereocenters. The van der Waals surface area contributed by atoms with Crippen LogP contribution in [-0.2, 0) is 11.4 Å². The fraction of sp³-hybridized carbons (Fsp3) is 0.370. The quantitative estimate of drug-likeness (QED) is 0.360. The lowest BCUT2D eigenvalue weighted by Gasteiger charge is -2.32. The Morgan fingerprint density at radius 2 is 2.00 bits per heavy atom. The van der Waals surface area contributed by atoms with Crippen LogP contribution in [0.2, 0.25) is 0 Å². The second-order valence-electron chi connectivity index (χ2n) is 8.73. The van der Waals surface area contributed by atoms with Crippen LogP contribution in [0.3, 0.4) is 0 Å². The van der Waals surface area contributed by atoms with Crippen molar-refractivity contribution in [3.8, 4) is 11.5 Å². The molecular weight excluding hydrogens is 479 g/mol. The van der Waals surface area contributed by atoms with Gasteiger partial charge in [0.05, 0.1) is 6.61 Å². The lowest BCUT2D eigenvalue weighted by molar-refractivity contribution is -0.116. The molecule has 0 bridgehead atoms. The van der Waals surface area contributed by atoms with Gasteiger partial charge in [0.25, 0.3) is 0 Å². The first-order valence-corrected chi connectivity index (χ1v) is 13.3. The van der Waals surface area contributed by atoms with Crippen molar-refractivity contribution in [1.82, 2.24) is 14.8 Å². The Morgan fingerprint density at radius 1 is 1.14 bits per heavy atom. The molecule has 188 valence electrons. The molecule has 0 saturated heterocycles. The van der Waals surface area contributed by atoms with E-state index in [4.69, 9.17) is 19.6 Å². The number of ether oxygens (including phenoxy) is 2. The van der Waals surface area contributed by atoms with Crippen molar-refractivity contribution in [3.05, 3.63) is 70.7 Å². The van der Waals surface area contributed by atoms with Crippen molar-refractivity contribution in [2.45, 2.75) is 57.3 Å². The van der Waals surface area contributed by atoms with Gasteiger partial charge in [-0.15, -0.1) is 5.10 Å². The van der Waals surface area contributed by atoms with E-state index >= 15 is 0 Å². The van der Waals surface area contributed by atoms with Crippen molar-refractivity contribution in [3.63, 3.8) is 0 Å². The molecule has 0 fully saturated rings. The maximum absolute atomic E-state index is 14.1. The second kappa shape index (κ2) is 10.7. The summed E-state index contributed by atoms with van der Waals surface area (Å²) in [5, 5.41) is 8.81. The zero-order valence-corrected chi connectivity index (χ0v) is 21.2. The van der Waals surface area contributed by atoms with Crippen LogP contribution >= 0.6 is 11.8 Å². The predicted molar refractivity (Wildman–Crippen MR) is 137 cm³/mol. The number of nitrogens with zero attached hydrogens (tertiary/aromatic N) is 3. The van der Waals surface area contributed by atoms with Crippen molar-refractivity contribution in [2.75, 3.05) is 17.7 Å². The predicted octanol–water partition coefficient (Wildman–Crippen LogP) is 5.92. The summed E-state index contributed by atoms with van der Waals surface area (Å²) in [5.41, 5.74) is 2.97. The zero-order chi connectivity index (χ0) is 25.1. The molecule has 2 heterocycles. The summed E-state index contributed by atoms with van der Waals surface area (Å²) in [5.74, 6) is 2.42. The summed E-state index contributed by atoms with van der Waals surface area (Å²) >= 11 is 1.60. The monoisotopic (exact) mass is 508 g/mol. The van der Waals surface area contributed by atoms with E-state index in [9.17, 15) is 9.18 Å². The van der Waals surface area contributed by atoms with Crippen LogP contribution in [0.1, 0.15) is 56.7 Å². The summed E-state index contributed by atoms with van der Waals surface area (Å²) in [6, 6.07) is 11.8. The highest BCUT2D eigenvalue weighted by molar-refractivity contribution is 7.99. The number of thioether (sulfide) groups is 1. The summed E-state index contributed by atoms with van der Waals surface area (Å²) in [6.07, 6.45) is 3.14. The number of carbonyl (C=O) groups is 1. The van der Waals surface area contributed by atoms with Gasteiger partial charge in [-0.3, -0.25) is 4.79 Å². The molecule has 1 aliphatic carbocycles.